The van der Waals surface area contributed by atoms with Crippen molar-refractivity contribution >= 4 is 37.5 Å². The number of aromatic nitrogens is 1. The highest BCUT2D eigenvalue weighted by Crippen LogP contribution is 2.41. The van der Waals surface area contributed by atoms with E-state index in [1.165, 1.54) is 7.11 Å². The van der Waals surface area contributed by atoms with Gasteiger partial charge in [0.05, 0.1) is 25.2 Å². The number of anilines is 2. The maximum absolute atomic E-state index is 12.3. The minimum absolute atomic E-state index is 0.00489. The Morgan fingerprint density at radius 2 is 2.00 bits per heavy atom. The smallest absolute Gasteiger partial charge is 0.232 e. The van der Waals surface area contributed by atoms with E-state index in [-0.39, 0.29) is 5.75 Å². The number of sulfonamides is 1. The summed E-state index contributed by atoms with van der Waals surface area (Å²) >= 11 is 3.37. The molecule has 1 heterocycles. The van der Waals surface area contributed by atoms with E-state index in [1.807, 2.05) is 13.0 Å². The SMILES string of the molecule is CCCS(=O)(=O)Nc1cc(-c2cc(Br)cnc2N)cc(OCC)c1OC. The summed E-state index contributed by atoms with van der Waals surface area (Å²) in [7, 11) is -2.05. The number of nitrogens with two attached hydrogens (primary N) is 1. The summed E-state index contributed by atoms with van der Waals surface area (Å²) < 4.78 is 38.9. The second-order valence-electron chi connectivity index (χ2n) is 5.50. The molecule has 1 aromatic heterocycles. The van der Waals surface area contributed by atoms with E-state index in [4.69, 9.17) is 15.2 Å². The van der Waals surface area contributed by atoms with Crippen LogP contribution in [0, 0.1) is 0 Å². The number of halogens is 1. The molecule has 0 radical (unpaired) electrons. The molecule has 3 N–H and O–H groups in total. The van der Waals surface area contributed by atoms with Crippen LogP contribution in [0.2, 0.25) is 0 Å². The second-order valence-corrected chi connectivity index (χ2v) is 8.25. The summed E-state index contributed by atoms with van der Waals surface area (Å²) in [5, 5.41) is 0. The van der Waals surface area contributed by atoms with Crippen LogP contribution in [0.15, 0.2) is 28.9 Å². The van der Waals surface area contributed by atoms with E-state index < -0.39 is 10.0 Å². The Morgan fingerprint density at radius 1 is 1.27 bits per heavy atom. The van der Waals surface area contributed by atoms with Crippen molar-refractivity contribution in [3.63, 3.8) is 0 Å². The highest BCUT2D eigenvalue weighted by Gasteiger charge is 2.19. The fourth-order valence-electron chi connectivity index (χ4n) is 2.48. The molecular formula is C17H22BrN3O4S. The predicted molar refractivity (Wildman–Crippen MR) is 107 cm³/mol. The van der Waals surface area contributed by atoms with Crippen LogP contribution in [0.4, 0.5) is 11.5 Å². The molecule has 9 heteroatoms. The fraction of sp³-hybridized carbons (Fsp3) is 0.353. The Hall–Kier alpha value is -2.00. The number of benzene rings is 1. The van der Waals surface area contributed by atoms with Crippen LogP contribution in [0.5, 0.6) is 11.5 Å². The average Bonchev–Trinajstić information content (AvgIpc) is 2.56. The summed E-state index contributed by atoms with van der Waals surface area (Å²) in [6.45, 7) is 4.03. The van der Waals surface area contributed by atoms with Gasteiger partial charge in [0.15, 0.2) is 11.5 Å². The number of nitrogen functional groups attached to an aromatic ring is 1. The Bertz CT molecular complexity index is 888. The van der Waals surface area contributed by atoms with Crippen LogP contribution in [0.3, 0.4) is 0 Å². The molecule has 2 aromatic rings. The fourth-order valence-corrected chi connectivity index (χ4v) is 3.93. The third kappa shape index (κ3) is 4.79. The van der Waals surface area contributed by atoms with Crippen molar-refractivity contribution in [1.82, 2.24) is 4.98 Å². The zero-order valence-corrected chi connectivity index (χ0v) is 17.3. The van der Waals surface area contributed by atoms with Crippen LogP contribution in [0.1, 0.15) is 20.3 Å². The minimum Gasteiger partial charge on any atom is -0.491 e. The van der Waals surface area contributed by atoms with Gasteiger partial charge in [-0.15, -0.1) is 0 Å². The van der Waals surface area contributed by atoms with Gasteiger partial charge in [-0.25, -0.2) is 13.4 Å². The molecule has 0 saturated heterocycles. The van der Waals surface area contributed by atoms with Crippen molar-refractivity contribution in [1.29, 1.82) is 0 Å². The molecule has 2 rings (SSSR count). The van der Waals surface area contributed by atoms with E-state index in [0.717, 1.165) is 4.47 Å². The van der Waals surface area contributed by atoms with Crippen molar-refractivity contribution in [3.8, 4) is 22.6 Å². The van der Waals surface area contributed by atoms with Gasteiger partial charge in [0.1, 0.15) is 5.82 Å². The molecular weight excluding hydrogens is 422 g/mol. The standard InChI is InChI=1S/C17H22BrN3O4S/c1-4-6-26(22,23)21-14-7-11(8-15(25-5-2)16(14)24-3)13-9-12(18)10-20-17(13)19/h7-10,21H,4-6H2,1-3H3,(H2,19,20). The summed E-state index contributed by atoms with van der Waals surface area (Å²) in [6, 6.07) is 5.22. The maximum atomic E-state index is 12.3. The molecule has 7 nitrogen and oxygen atoms in total. The van der Waals surface area contributed by atoms with Crippen molar-refractivity contribution in [2.24, 2.45) is 0 Å². The van der Waals surface area contributed by atoms with Gasteiger partial charge in [0.25, 0.3) is 0 Å². The molecule has 0 amide bonds. The first-order valence-electron chi connectivity index (χ1n) is 8.08. The number of rotatable bonds is 8. The Kier molecular flexibility index (Phi) is 6.71. The molecule has 1 aromatic carbocycles. The van der Waals surface area contributed by atoms with E-state index in [0.29, 0.717) is 47.2 Å². The third-order valence-electron chi connectivity index (χ3n) is 3.49. The minimum atomic E-state index is -3.51. The lowest BCUT2D eigenvalue weighted by Crippen LogP contribution is -2.17. The Balaban J connectivity index is 2.65. The van der Waals surface area contributed by atoms with E-state index in [2.05, 4.69) is 25.6 Å². The van der Waals surface area contributed by atoms with Gasteiger partial charge in [0, 0.05) is 16.2 Å². The lowest BCUT2D eigenvalue weighted by atomic mass is 10.0. The Morgan fingerprint density at radius 3 is 2.62 bits per heavy atom. The molecule has 0 bridgehead atoms. The summed E-state index contributed by atoms with van der Waals surface area (Å²) in [4.78, 5) is 4.13. The molecule has 0 aliphatic heterocycles. The molecule has 0 fully saturated rings. The van der Waals surface area contributed by atoms with Gasteiger partial charge in [-0.3, -0.25) is 4.72 Å². The number of nitrogens with zero attached hydrogens (tertiary/aromatic N) is 1. The lowest BCUT2D eigenvalue weighted by molar-refractivity contribution is 0.312. The van der Waals surface area contributed by atoms with Crippen molar-refractivity contribution in [3.05, 3.63) is 28.9 Å². The maximum Gasteiger partial charge on any atom is 0.232 e. The third-order valence-corrected chi connectivity index (χ3v) is 5.40. The van der Waals surface area contributed by atoms with E-state index in [9.17, 15) is 8.42 Å². The lowest BCUT2D eigenvalue weighted by Gasteiger charge is -2.18. The monoisotopic (exact) mass is 443 g/mol. The number of pyridine rings is 1. The first-order chi connectivity index (χ1) is 12.3. The van der Waals surface area contributed by atoms with Gasteiger partial charge < -0.3 is 15.2 Å². The van der Waals surface area contributed by atoms with Crippen molar-refractivity contribution < 1.29 is 17.9 Å². The topological polar surface area (TPSA) is 104 Å². The normalized spacial score (nSPS) is 11.2. The van der Waals surface area contributed by atoms with E-state index >= 15 is 0 Å². The largest absolute Gasteiger partial charge is 0.491 e. The summed E-state index contributed by atoms with van der Waals surface area (Å²) in [5.74, 6) is 1.06. The quantitative estimate of drug-likeness (QED) is 0.644. The van der Waals surface area contributed by atoms with Crippen molar-refractivity contribution in [2.75, 3.05) is 29.9 Å². The number of ether oxygens (including phenoxy) is 2. The zero-order valence-electron chi connectivity index (χ0n) is 14.9. The second kappa shape index (κ2) is 8.59. The number of hydrogen-bond donors (Lipinski definition) is 2. The molecule has 0 aliphatic rings. The Labute approximate surface area is 162 Å². The van der Waals surface area contributed by atoms with Gasteiger partial charge in [-0.1, -0.05) is 6.92 Å². The highest BCUT2D eigenvalue weighted by molar-refractivity contribution is 9.10. The number of hydrogen-bond acceptors (Lipinski definition) is 6. The molecule has 26 heavy (non-hydrogen) atoms. The van der Waals surface area contributed by atoms with Gasteiger partial charge in [0.2, 0.25) is 10.0 Å². The van der Waals surface area contributed by atoms with Crippen LogP contribution in [0.25, 0.3) is 11.1 Å². The average molecular weight is 444 g/mol. The first kappa shape index (κ1) is 20.3. The van der Waals surface area contributed by atoms with E-state index in [1.54, 1.807) is 25.3 Å². The molecule has 0 unspecified atom stereocenters. The van der Waals surface area contributed by atoms with Gasteiger partial charge in [-0.05, 0) is 53.0 Å². The highest BCUT2D eigenvalue weighted by atomic mass is 79.9. The summed E-state index contributed by atoms with van der Waals surface area (Å²) in [5.41, 5.74) is 7.60. The molecule has 0 spiro atoms. The predicted octanol–water partition coefficient (Wildman–Crippen LogP) is 3.65. The molecule has 142 valence electrons. The molecule has 0 saturated carbocycles. The zero-order chi connectivity index (χ0) is 19.3. The first-order valence-corrected chi connectivity index (χ1v) is 10.5. The molecule has 0 atom stereocenters. The van der Waals surface area contributed by atoms with Crippen molar-refractivity contribution in [2.45, 2.75) is 20.3 Å². The van der Waals surface area contributed by atoms with Crippen LogP contribution >= 0.6 is 15.9 Å². The number of methoxy groups -OCH3 is 1. The van der Waals surface area contributed by atoms with Crippen LogP contribution in [-0.2, 0) is 10.0 Å². The summed E-state index contributed by atoms with van der Waals surface area (Å²) in [6.07, 6.45) is 2.09. The van der Waals surface area contributed by atoms with Gasteiger partial charge >= 0.3 is 0 Å². The van der Waals surface area contributed by atoms with Crippen LogP contribution in [-0.4, -0.2) is 32.9 Å². The van der Waals surface area contributed by atoms with Crippen LogP contribution < -0.4 is 19.9 Å². The van der Waals surface area contributed by atoms with Gasteiger partial charge in [-0.2, -0.15) is 0 Å². The number of nitrogens with one attached hydrogen (secondary N) is 1. The molecule has 0 aliphatic carbocycles.